The maximum Gasteiger partial charge on any atom is 0.321 e. The second kappa shape index (κ2) is 6.83. The first-order valence-corrected chi connectivity index (χ1v) is 8.09. The predicted molar refractivity (Wildman–Crippen MR) is 68.9 cm³/mol. The summed E-state index contributed by atoms with van der Waals surface area (Å²) in [5.41, 5.74) is 0. The molecule has 0 unspecified atom stereocenters. The van der Waals surface area contributed by atoms with Crippen LogP contribution in [0.15, 0.2) is 23.4 Å². The molecule has 1 heterocycles. The molecule has 9 heteroatoms. The molecule has 0 aliphatic heterocycles. The highest BCUT2D eigenvalue weighted by Crippen LogP contribution is 2.11. The van der Waals surface area contributed by atoms with E-state index in [0.717, 1.165) is 18.5 Å². The molecule has 1 aromatic heterocycles. The summed E-state index contributed by atoms with van der Waals surface area (Å²) in [4.78, 5) is 14.0. The second-order valence-corrected chi connectivity index (χ2v) is 6.33. The number of nitrogens with one attached hydrogen (secondary N) is 1. The lowest BCUT2D eigenvalue weighted by Crippen LogP contribution is -2.41. The van der Waals surface area contributed by atoms with E-state index < -0.39 is 32.7 Å². The number of carboxylic acids is 1. The van der Waals surface area contributed by atoms with Gasteiger partial charge in [0, 0.05) is 6.20 Å². The van der Waals surface area contributed by atoms with Crippen molar-refractivity contribution >= 4 is 27.8 Å². The Morgan fingerprint density at radius 1 is 1.58 bits per heavy atom. The highest BCUT2D eigenvalue weighted by Gasteiger charge is 2.25. The number of hydrogen-bond donors (Lipinski definition) is 2. The number of aliphatic carboxylic acids is 1. The third-order valence-electron chi connectivity index (χ3n) is 2.20. The van der Waals surface area contributed by atoms with Crippen LogP contribution in [0, 0.1) is 5.82 Å². The molecule has 0 radical (unpaired) electrons. The molecule has 1 atom stereocenters. The molecule has 0 bridgehead atoms. The number of sulfonamides is 1. The Bertz CT molecular complexity index is 550. The molecule has 0 aromatic carbocycles. The quantitative estimate of drug-likeness (QED) is 0.770. The van der Waals surface area contributed by atoms with Crippen LogP contribution in [0.25, 0.3) is 0 Å². The summed E-state index contributed by atoms with van der Waals surface area (Å²) < 4.78 is 38.7. The number of hydrogen-bond acceptors (Lipinski definition) is 5. The van der Waals surface area contributed by atoms with Gasteiger partial charge in [0.05, 0.1) is 6.20 Å². The van der Waals surface area contributed by atoms with Crippen molar-refractivity contribution in [2.75, 3.05) is 12.0 Å². The maximum absolute atomic E-state index is 12.9. The fraction of sp³-hybridized carbons (Fsp3) is 0.400. The summed E-state index contributed by atoms with van der Waals surface area (Å²) >= 11 is 1.40. The number of rotatable bonds is 7. The predicted octanol–water partition coefficient (Wildman–Crippen LogP) is 0.705. The van der Waals surface area contributed by atoms with Gasteiger partial charge in [0.1, 0.15) is 16.8 Å². The molecule has 1 aromatic rings. The Kier molecular flexibility index (Phi) is 5.70. The first kappa shape index (κ1) is 15.9. The van der Waals surface area contributed by atoms with E-state index in [1.165, 1.54) is 11.8 Å². The summed E-state index contributed by atoms with van der Waals surface area (Å²) in [6, 6.07) is -0.469. The molecular weight excluding hydrogens is 295 g/mol. The van der Waals surface area contributed by atoms with Crippen LogP contribution >= 0.6 is 11.8 Å². The van der Waals surface area contributed by atoms with E-state index in [0.29, 0.717) is 5.75 Å². The molecule has 106 valence electrons. The SMILES string of the molecule is CSCC[C@@H](NS(=O)(=O)c1cncc(F)c1)C(=O)O. The van der Waals surface area contributed by atoms with Crippen LogP contribution in [-0.4, -0.2) is 42.5 Å². The number of carboxylic acid groups (broad SMARTS) is 1. The molecule has 0 fully saturated rings. The van der Waals surface area contributed by atoms with Gasteiger partial charge >= 0.3 is 5.97 Å². The fourth-order valence-electron chi connectivity index (χ4n) is 1.26. The van der Waals surface area contributed by atoms with Crippen molar-refractivity contribution in [2.45, 2.75) is 17.4 Å². The largest absolute Gasteiger partial charge is 0.480 e. The zero-order valence-electron chi connectivity index (χ0n) is 10.0. The van der Waals surface area contributed by atoms with Crippen molar-refractivity contribution in [3.63, 3.8) is 0 Å². The second-order valence-electron chi connectivity index (χ2n) is 3.63. The summed E-state index contributed by atoms with van der Waals surface area (Å²) in [6.45, 7) is 0. The minimum absolute atomic E-state index is 0.137. The monoisotopic (exact) mass is 308 g/mol. The van der Waals surface area contributed by atoms with Crippen LogP contribution < -0.4 is 4.72 Å². The molecule has 0 amide bonds. The minimum Gasteiger partial charge on any atom is -0.480 e. The van der Waals surface area contributed by atoms with Gasteiger partial charge in [0.2, 0.25) is 10.0 Å². The van der Waals surface area contributed by atoms with E-state index in [4.69, 9.17) is 5.11 Å². The zero-order chi connectivity index (χ0) is 14.5. The molecule has 0 aliphatic carbocycles. The van der Waals surface area contributed by atoms with Gasteiger partial charge in [-0.3, -0.25) is 9.78 Å². The lowest BCUT2D eigenvalue weighted by atomic mass is 10.2. The van der Waals surface area contributed by atoms with Crippen LogP contribution in [0.5, 0.6) is 0 Å². The normalized spacial score (nSPS) is 13.2. The Labute approximate surface area is 114 Å². The molecule has 0 spiro atoms. The van der Waals surface area contributed by atoms with Crippen molar-refractivity contribution in [3.05, 3.63) is 24.3 Å². The molecule has 2 N–H and O–H groups in total. The van der Waals surface area contributed by atoms with E-state index in [-0.39, 0.29) is 6.42 Å². The highest BCUT2D eigenvalue weighted by atomic mass is 32.2. The Balaban J connectivity index is 2.91. The third-order valence-corrected chi connectivity index (χ3v) is 4.28. The lowest BCUT2D eigenvalue weighted by Gasteiger charge is -2.14. The molecule has 19 heavy (non-hydrogen) atoms. The summed E-state index contributed by atoms with van der Waals surface area (Å²) in [6.07, 6.45) is 3.74. The van der Waals surface area contributed by atoms with Crippen molar-refractivity contribution in [2.24, 2.45) is 0 Å². The van der Waals surface area contributed by atoms with Crippen molar-refractivity contribution in [3.8, 4) is 0 Å². The van der Waals surface area contributed by atoms with Gasteiger partial charge in [-0.25, -0.2) is 12.8 Å². The topological polar surface area (TPSA) is 96.4 Å². The van der Waals surface area contributed by atoms with Crippen molar-refractivity contribution in [1.82, 2.24) is 9.71 Å². The summed E-state index contributed by atoms with van der Waals surface area (Å²) in [7, 11) is -4.10. The number of halogens is 1. The Morgan fingerprint density at radius 2 is 2.26 bits per heavy atom. The molecule has 0 saturated heterocycles. The van der Waals surface area contributed by atoms with Gasteiger partial charge in [-0.15, -0.1) is 0 Å². The number of aromatic nitrogens is 1. The molecular formula is C10H13FN2O4S2. The van der Waals surface area contributed by atoms with Gasteiger partial charge in [-0.1, -0.05) is 0 Å². The van der Waals surface area contributed by atoms with Crippen LogP contribution in [0.1, 0.15) is 6.42 Å². The highest BCUT2D eigenvalue weighted by molar-refractivity contribution is 7.98. The van der Waals surface area contributed by atoms with E-state index in [1.54, 1.807) is 6.26 Å². The van der Waals surface area contributed by atoms with E-state index in [2.05, 4.69) is 4.98 Å². The summed E-state index contributed by atoms with van der Waals surface area (Å²) in [5, 5.41) is 8.94. The van der Waals surface area contributed by atoms with Gasteiger partial charge in [-0.05, 0) is 24.5 Å². The first-order chi connectivity index (χ1) is 8.86. The van der Waals surface area contributed by atoms with Crippen molar-refractivity contribution in [1.29, 1.82) is 0 Å². The van der Waals surface area contributed by atoms with Crippen LogP contribution in [0.2, 0.25) is 0 Å². The van der Waals surface area contributed by atoms with Gasteiger partial charge in [0.25, 0.3) is 0 Å². The number of carbonyl (C=O) groups is 1. The number of nitrogens with zero attached hydrogens (tertiary/aromatic N) is 1. The number of thioether (sulfide) groups is 1. The van der Waals surface area contributed by atoms with Crippen molar-refractivity contribution < 1.29 is 22.7 Å². The van der Waals surface area contributed by atoms with E-state index in [1.807, 2.05) is 4.72 Å². The van der Waals surface area contributed by atoms with E-state index in [9.17, 15) is 17.6 Å². The van der Waals surface area contributed by atoms with Gasteiger partial charge < -0.3 is 5.11 Å². The van der Waals surface area contributed by atoms with Crippen LogP contribution in [0.4, 0.5) is 4.39 Å². The van der Waals surface area contributed by atoms with Crippen LogP contribution in [0.3, 0.4) is 0 Å². The summed E-state index contributed by atoms with van der Waals surface area (Å²) in [5.74, 6) is -1.60. The maximum atomic E-state index is 12.9. The Hall–Kier alpha value is -1.19. The minimum atomic E-state index is -4.10. The third kappa shape index (κ3) is 4.77. The molecule has 0 saturated carbocycles. The zero-order valence-corrected chi connectivity index (χ0v) is 11.7. The average Bonchev–Trinajstić information content (AvgIpc) is 2.34. The Morgan fingerprint density at radius 3 is 2.79 bits per heavy atom. The standard InChI is InChI=1S/C10H13FN2O4S2/c1-18-3-2-9(10(14)15)13-19(16,17)8-4-7(11)5-12-6-8/h4-6,9,13H,2-3H2,1H3,(H,14,15)/t9-/m1/s1. The smallest absolute Gasteiger partial charge is 0.321 e. The van der Waals surface area contributed by atoms with Crippen LogP contribution in [-0.2, 0) is 14.8 Å². The van der Waals surface area contributed by atoms with E-state index >= 15 is 0 Å². The average molecular weight is 308 g/mol. The first-order valence-electron chi connectivity index (χ1n) is 5.21. The van der Waals surface area contributed by atoms with Gasteiger partial charge in [-0.2, -0.15) is 16.5 Å². The lowest BCUT2D eigenvalue weighted by molar-refractivity contribution is -0.139. The number of pyridine rings is 1. The molecule has 6 nitrogen and oxygen atoms in total. The van der Waals surface area contributed by atoms with Gasteiger partial charge in [0.15, 0.2) is 0 Å². The molecule has 1 rings (SSSR count). The molecule has 0 aliphatic rings. The fourth-order valence-corrected chi connectivity index (χ4v) is 2.93.